The molecular formula is C12H23N3O2S. The van der Waals surface area contributed by atoms with Crippen LogP contribution in [0.3, 0.4) is 0 Å². The van der Waals surface area contributed by atoms with Crippen molar-refractivity contribution in [2.45, 2.75) is 26.3 Å². The minimum absolute atomic E-state index is 0.0122. The van der Waals surface area contributed by atoms with Crippen molar-refractivity contribution in [2.75, 3.05) is 31.1 Å². The first kappa shape index (κ1) is 15.3. The minimum atomic E-state index is -0.544. The van der Waals surface area contributed by atoms with E-state index in [4.69, 9.17) is 5.73 Å². The highest BCUT2D eigenvalue weighted by molar-refractivity contribution is 7.99. The summed E-state index contributed by atoms with van der Waals surface area (Å²) in [6, 6.07) is -0.544. The van der Waals surface area contributed by atoms with Crippen LogP contribution < -0.4 is 11.1 Å². The molecule has 0 bridgehead atoms. The summed E-state index contributed by atoms with van der Waals surface area (Å²) in [5, 5.41) is 2.62. The maximum absolute atomic E-state index is 11.9. The molecule has 6 heteroatoms. The van der Waals surface area contributed by atoms with Crippen LogP contribution in [-0.4, -0.2) is 53.9 Å². The number of nitrogens with two attached hydrogens (primary N) is 1. The Labute approximate surface area is 113 Å². The van der Waals surface area contributed by atoms with E-state index in [9.17, 15) is 9.59 Å². The van der Waals surface area contributed by atoms with Gasteiger partial charge in [-0.1, -0.05) is 13.8 Å². The van der Waals surface area contributed by atoms with Crippen molar-refractivity contribution in [1.29, 1.82) is 0 Å². The lowest BCUT2D eigenvalue weighted by molar-refractivity contribution is -0.133. The summed E-state index contributed by atoms with van der Waals surface area (Å²) in [7, 11) is 0. The van der Waals surface area contributed by atoms with Crippen molar-refractivity contribution < 1.29 is 9.59 Å². The first-order chi connectivity index (χ1) is 8.52. The van der Waals surface area contributed by atoms with E-state index in [1.54, 1.807) is 0 Å². The Kier molecular flexibility index (Phi) is 6.49. The maximum atomic E-state index is 11.9. The Balaban J connectivity index is 2.33. The van der Waals surface area contributed by atoms with Crippen molar-refractivity contribution in [3.05, 3.63) is 0 Å². The van der Waals surface area contributed by atoms with Gasteiger partial charge < -0.3 is 16.0 Å². The van der Waals surface area contributed by atoms with E-state index < -0.39 is 6.04 Å². The van der Waals surface area contributed by atoms with Gasteiger partial charge in [0.25, 0.3) is 0 Å². The molecule has 1 saturated heterocycles. The van der Waals surface area contributed by atoms with Gasteiger partial charge in [-0.15, -0.1) is 0 Å². The average Bonchev–Trinajstić information content (AvgIpc) is 2.63. The Morgan fingerprint density at radius 3 is 2.72 bits per heavy atom. The number of nitrogens with zero attached hydrogens (tertiary/aromatic N) is 1. The molecule has 1 aliphatic rings. The second-order valence-corrected chi connectivity index (χ2v) is 6.06. The number of hydrogen-bond acceptors (Lipinski definition) is 4. The molecule has 0 aromatic carbocycles. The molecule has 2 amide bonds. The summed E-state index contributed by atoms with van der Waals surface area (Å²) in [6.45, 7) is 5.40. The molecular weight excluding hydrogens is 250 g/mol. The molecule has 1 atom stereocenters. The zero-order valence-corrected chi connectivity index (χ0v) is 12.0. The van der Waals surface area contributed by atoms with Crippen molar-refractivity contribution in [3.63, 3.8) is 0 Å². The van der Waals surface area contributed by atoms with Crippen molar-refractivity contribution in [1.82, 2.24) is 10.2 Å². The van der Waals surface area contributed by atoms with Crippen LogP contribution in [0.15, 0.2) is 0 Å². The van der Waals surface area contributed by atoms with Gasteiger partial charge in [0, 0.05) is 18.8 Å². The summed E-state index contributed by atoms with van der Waals surface area (Å²) in [4.78, 5) is 25.4. The van der Waals surface area contributed by atoms with Crippen LogP contribution >= 0.6 is 11.8 Å². The van der Waals surface area contributed by atoms with Crippen molar-refractivity contribution in [2.24, 2.45) is 11.7 Å². The predicted molar refractivity (Wildman–Crippen MR) is 74.3 cm³/mol. The molecule has 0 unspecified atom stereocenters. The number of rotatable bonds is 4. The third-order valence-electron chi connectivity index (χ3n) is 3.01. The molecule has 104 valence electrons. The first-order valence-electron chi connectivity index (χ1n) is 6.41. The molecule has 18 heavy (non-hydrogen) atoms. The highest BCUT2D eigenvalue weighted by atomic mass is 32.2. The number of hydrogen-bond donors (Lipinski definition) is 2. The van der Waals surface area contributed by atoms with E-state index in [0.29, 0.717) is 0 Å². The lowest BCUT2D eigenvalue weighted by Crippen LogP contribution is -2.48. The molecule has 0 radical (unpaired) electrons. The third kappa shape index (κ3) is 4.86. The number of carbonyl (C=O) groups excluding carboxylic acids is 2. The van der Waals surface area contributed by atoms with Gasteiger partial charge in [-0.2, -0.15) is 11.8 Å². The van der Waals surface area contributed by atoms with Gasteiger partial charge in [-0.25, -0.2) is 0 Å². The molecule has 1 rings (SSSR count). The SMILES string of the molecule is CC(C)[C@H](N)C(=O)NCC(=O)N1CCCSCC1. The van der Waals surface area contributed by atoms with Crippen LogP contribution in [0.25, 0.3) is 0 Å². The van der Waals surface area contributed by atoms with Crippen LogP contribution in [0, 0.1) is 5.92 Å². The lowest BCUT2D eigenvalue weighted by Gasteiger charge is -2.21. The number of nitrogens with one attached hydrogen (secondary N) is 1. The quantitative estimate of drug-likeness (QED) is 0.759. The predicted octanol–water partition coefficient (Wildman–Crippen LogP) is 0.0514. The van der Waals surface area contributed by atoms with E-state index in [0.717, 1.165) is 31.0 Å². The highest BCUT2D eigenvalue weighted by Crippen LogP contribution is 2.09. The molecule has 0 aromatic heterocycles. The van der Waals surface area contributed by atoms with Gasteiger partial charge in [0.05, 0.1) is 12.6 Å². The van der Waals surface area contributed by atoms with E-state index in [-0.39, 0.29) is 24.3 Å². The largest absolute Gasteiger partial charge is 0.346 e. The number of carbonyl (C=O) groups is 2. The van der Waals surface area contributed by atoms with E-state index in [1.807, 2.05) is 30.5 Å². The van der Waals surface area contributed by atoms with Gasteiger partial charge in [-0.05, 0) is 18.1 Å². The second kappa shape index (κ2) is 7.63. The first-order valence-corrected chi connectivity index (χ1v) is 7.56. The van der Waals surface area contributed by atoms with Crippen LogP contribution in [0.4, 0.5) is 0 Å². The van der Waals surface area contributed by atoms with Gasteiger partial charge in [0.1, 0.15) is 0 Å². The second-order valence-electron chi connectivity index (χ2n) is 4.83. The Morgan fingerprint density at radius 1 is 1.33 bits per heavy atom. The Bertz CT molecular complexity index is 289. The van der Waals surface area contributed by atoms with Crippen LogP contribution in [0.5, 0.6) is 0 Å². The molecule has 1 aliphatic heterocycles. The topological polar surface area (TPSA) is 75.4 Å². The van der Waals surface area contributed by atoms with Gasteiger partial charge in [0.15, 0.2) is 0 Å². The van der Waals surface area contributed by atoms with Gasteiger partial charge in [-0.3, -0.25) is 9.59 Å². The van der Waals surface area contributed by atoms with Gasteiger partial charge in [0.2, 0.25) is 11.8 Å². The monoisotopic (exact) mass is 273 g/mol. The molecule has 0 spiro atoms. The molecule has 0 aliphatic carbocycles. The summed E-state index contributed by atoms with van der Waals surface area (Å²) in [5.74, 6) is 1.90. The average molecular weight is 273 g/mol. The molecule has 3 N–H and O–H groups in total. The molecule has 1 fully saturated rings. The Morgan fingerprint density at radius 2 is 2.06 bits per heavy atom. The maximum Gasteiger partial charge on any atom is 0.241 e. The molecule has 5 nitrogen and oxygen atoms in total. The lowest BCUT2D eigenvalue weighted by atomic mass is 10.1. The number of amides is 2. The van der Waals surface area contributed by atoms with Crippen LogP contribution in [0.1, 0.15) is 20.3 Å². The summed E-state index contributed by atoms with van der Waals surface area (Å²) < 4.78 is 0. The summed E-state index contributed by atoms with van der Waals surface area (Å²) in [5.41, 5.74) is 5.71. The zero-order valence-electron chi connectivity index (χ0n) is 11.1. The molecule has 0 saturated carbocycles. The zero-order chi connectivity index (χ0) is 13.5. The van der Waals surface area contributed by atoms with Gasteiger partial charge >= 0.3 is 0 Å². The fourth-order valence-corrected chi connectivity index (χ4v) is 2.58. The normalized spacial score (nSPS) is 18.3. The summed E-state index contributed by atoms with van der Waals surface area (Å²) >= 11 is 1.87. The highest BCUT2D eigenvalue weighted by Gasteiger charge is 2.20. The smallest absolute Gasteiger partial charge is 0.241 e. The number of thioether (sulfide) groups is 1. The Hall–Kier alpha value is -0.750. The van der Waals surface area contributed by atoms with Crippen LogP contribution in [0.2, 0.25) is 0 Å². The van der Waals surface area contributed by atoms with Crippen LogP contribution in [-0.2, 0) is 9.59 Å². The van der Waals surface area contributed by atoms with Crippen molar-refractivity contribution >= 4 is 23.6 Å². The summed E-state index contributed by atoms with van der Waals surface area (Å²) in [6.07, 6.45) is 1.02. The fourth-order valence-electron chi connectivity index (χ4n) is 1.69. The standard InChI is InChI=1S/C12H23N3O2S/c1-9(2)11(13)12(17)14-8-10(16)15-4-3-6-18-7-5-15/h9,11H,3-8,13H2,1-2H3,(H,14,17)/t11-/m0/s1. The van der Waals surface area contributed by atoms with E-state index >= 15 is 0 Å². The minimum Gasteiger partial charge on any atom is -0.346 e. The fraction of sp³-hybridized carbons (Fsp3) is 0.833. The van der Waals surface area contributed by atoms with E-state index in [2.05, 4.69) is 5.32 Å². The van der Waals surface area contributed by atoms with Crippen molar-refractivity contribution in [3.8, 4) is 0 Å². The molecule has 0 aromatic rings. The molecule has 1 heterocycles. The third-order valence-corrected chi connectivity index (χ3v) is 4.06. The van der Waals surface area contributed by atoms with E-state index in [1.165, 1.54) is 0 Å².